The SMILES string of the molecule is CC(=O)c1ccc2c(c1)nc(Br)n2C. The molecule has 0 aliphatic rings. The summed E-state index contributed by atoms with van der Waals surface area (Å²) in [5.74, 6) is 0.0636. The number of halogens is 1. The molecule has 0 aliphatic carbocycles. The zero-order valence-corrected chi connectivity index (χ0v) is 9.50. The summed E-state index contributed by atoms with van der Waals surface area (Å²) >= 11 is 3.34. The van der Waals surface area contributed by atoms with Crippen molar-refractivity contribution in [3.63, 3.8) is 0 Å². The molecule has 0 radical (unpaired) electrons. The van der Waals surface area contributed by atoms with Gasteiger partial charge in [-0.3, -0.25) is 4.79 Å². The zero-order chi connectivity index (χ0) is 10.3. The molecule has 3 nitrogen and oxygen atoms in total. The number of ketones is 1. The average Bonchev–Trinajstić information content (AvgIpc) is 2.42. The second-order valence-corrected chi connectivity index (χ2v) is 3.91. The van der Waals surface area contributed by atoms with Gasteiger partial charge in [0.15, 0.2) is 10.5 Å². The molecule has 0 saturated carbocycles. The number of carbonyl (C=O) groups excluding carboxylic acids is 1. The molecule has 0 saturated heterocycles. The van der Waals surface area contributed by atoms with E-state index in [0.717, 1.165) is 15.8 Å². The Bertz CT molecular complexity index is 516. The summed E-state index contributed by atoms with van der Waals surface area (Å²) in [5.41, 5.74) is 2.55. The van der Waals surface area contributed by atoms with Crippen molar-refractivity contribution in [2.45, 2.75) is 6.92 Å². The third kappa shape index (κ3) is 1.35. The molecule has 2 aromatic rings. The van der Waals surface area contributed by atoms with Crippen LogP contribution in [0.15, 0.2) is 22.9 Å². The second-order valence-electron chi connectivity index (χ2n) is 3.20. The van der Waals surface area contributed by atoms with Crippen molar-refractivity contribution in [2.75, 3.05) is 0 Å². The lowest BCUT2D eigenvalue weighted by Crippen LogP contribution is -1.91. The minimum Gasteiger partial charge on any atom is -0.322 e. The van der Waals surface area contributed by atoms with Crippen LogP contribution < -0.4 is 0 Å². The van der Waals surface area contributed by atoms with Crippen molar-refractivity contribution in [2.24, 2.45) is 7.05 Å². The molecular weight excluding hydrogens is 244 g/mol. The number of nitrogens with zero attached hydrogens (tertiary/aromatic N) is 2. The highest BCUT2D eigenvalue weighted by molar-refractivity contribution is 9.10. The third-order valence-corrected chi connectivity index (χ3v) is 2.94. The van der Waals surface area contributed by atoms with E-state index < -0.39 is 0 Å². The fourth-order valence-electron chi connectivity index (χ4n) is 1.39. The van der Waals surface area contributed by atoms with Gasteiger partial charge in [0, 0.05) is 12.6 Å². The first-order valence-electron chi connectivity index (χ1n) is 4.22. The number of hydrogen-bond donors (Lipinski definition) is 0. The highest BCUT2D eigenvalue weighted by Crippen LogP contribution is 2.19. The summed E-state index contributed by atoms with van der Waals surface area (Å²) in [6, 6.07) is 5.53. The van der Waals surface area contributed by atoms with Gasteiger partial charge in [-0.2, -0.15) is 0 Å². The summed E-state index contributed by atoms with van der Waals surface area (Å²) in [7, 11) is 1.92. The Hall–Kier alpha value is -1.16. The van der Waals surface area contributed by atoms with Gasteiger partial charge < -0.3 is 4.57 Å². The molecule has 1 aromatic carbocycles. The summed E-state index contributed by atoms with van der Waals surface area (Å²) in [5, 5.41) is 0. The van der Waals surface area contributed by atoms with E-state index in [4.69, 9.17) is 0 Å². The molecule has 72 valence electrons. The number of Topliss-reactive ketones (excluding diaryl/α,β-unsaturated/α-hetero) is 1. The Labute approximate surface area is 89.9 Å². The number of aromatic nitrogens is 2. The topological polar surface area (TPSA) is 34.9 Å². The Morgan fingerprint density at radius 2 is 2.21 bits per heavy atom. The molecule has 0 N–H and O–H groups in total. The van der Waals surface area contributed by atoms with E-state index in [1.807, 2.05) is 29.8 Å². The maximum atomic E-state index is 11.1. The Kier molecular flexibility index (Phi) is 2.15. The molecule has 0 amide bonds. The number of imidazole rings is 1. The van der Waals surface area contributed by atoms with Crippen LogP contribution in [0, 0.1) is 0 Å². The second kappa shape index (κ2) is 3.20. The van der Waals surface area contributed by atoms with Crippen molar-refractivity contribution in [1.29, 1.82) is 0 Å². The summed E-state index contributed by atoms with van der Waals surface area (Å²) in [4.78, 5) is 15.4. The summed E-state index contributed by atoms with van der Waals surface area (Å²) in [6.07, 6.45) is 0. The number of rotatable bonds is 1. The van der Waals surface area contributed by atoms with Crippen molar-refractivity contribution in [1.82, 2.24) is 9.55 Å². The molecule has 0 unspecified atom stereocenters. The van der Waals surface area contributed by atoms with Gasteiger partial charge in [-0.25, -0.2) is 4.98 Å². The van der Waals surface area contributed by atoms with Gasteiger partial charge in [0.05, 0.1) is 11.0 Å². The van der Waals surface area contributed by atoms with Crippen LogP contribution in [0.2, 0.25) is 0 Å². The van der Waals surface area contributed by atoms with Gasteiger partial charge in [0.1, 0.15) is 0 Å². The minimum atomic E-state index is 0.0636. The van der Waals surface area contributed by atoms with E-state index in [1.165, 1.54) is 0 Å². The molecule has 1 aromatic heterocycles. The molecular formula is C10H9BrN2O. The molecule has 2 rings (SSSR count). The molecule has 0 atom stereocenters. The quantitative estimate of drug-likeness (QED) is 0.732. The number of aryl methyl sites for hydroxylation is 1. The van der Waals surface area contributed by atoms with E-state index in [9.17, 15) is 4.79 Å². The molecule has 4 heteroatoms. The van der Waals surface area contributed by atoms with Crippen LogP contribution in [-0.2, 0) is 7.05 Å². The van der Waals surface area contributed by atoms with Gasteiger partial charge in [-0.15, -0.1) is 0 Å². The average molecular weight is 253 g/mol. The first-order valence-corrected chi connectivity index (χ1v) is 5.02. The van der Waals surface area contributed by atoms with Crippen LogP contribution in [0.4, 0.5) is 0 Å². The normalized spacial score (nSPS) is 10.8. The van der Waals surface area contributed by atoms with Crippen LogP contribution in [0.3, 0.4) is 0 Å². The molecule has 14 heavy (non-hydrogen) atoms. The summed E-state index contributed by atoms with van der Waals surface area (Å²) < 4.78 is 2.70. The van der Waals surface area contributed by atoms with Gasteiger partial charge >= 0.3 is 0 Å². The highest BCUT2D eigenvalue weighted by atomic mass is 79.9. The Balaban J connectivity index is 2.73. The number of carbonyl (C=O) groups is 1. The number of fused-ring (bicyclic) bond motifs is 1. The van der Waals surface area contributed by atoms with Gasteiger partial charge in [0.2, 0.25) is 0 Å². The zero-order valence-electron chi connectivity index (χ0n) is 7.91. The monoisotopic (exact) mass is 252 g/mol. The molecule has 0 aliphatic heterocycles. The lowest BCUT2D eigenvalue weighted by atomic mass is 10.1. The fraction of sp³-hybridized carbons (Fsp3) is 0.200. The molecule has 0 fully saturated rings. The predicted molar refractivity (Wildman–Crippen MR) is 58.4 cm³/mol. The first kappa shape index (κ1) is 9.40. The van der Waals surface area contributed by atoms with Crippen molar-refractivity contribution in [3.8, 4) is 0 Å². The largest absolute Gasteiger partial charge is 0.322 e. The highest BCUT2D eigenvalue weighted by Gasteiger charge is 2.07. The van der Waals surface area contributed by atoms with Gasteiger partial charge in [-0.05, 0) is 41.1 Å². The Morgan fingerprint density at radius 3 is 2.86 bits per heavy atom. The van der Waals surface area contributed by atoms with E-state index in [-0.39, 0.29) is 5.78 Å². The van der Waals surface area contributed by atoms with Gasteiger partial charge in [-0.1, -0.05) is 0 Å². The van der Waals surface area contributed by atoms with Crippen LogP contribution in [0.1, 0.15) is 17.3 Å². The fourth-order valence-corrected chi connectivity index (χ4v) is 1.77. The van der Waals surface area contributed by atoms with E-state index in [0.29, 0.717) is 5.56 Å². The van der Waals surface area contributed by atoms with E-state index in [1.54, 1.807) is 6.92 Å². The Morgan fingerprint density at radius 1 is 1.50 bits per heavy atom. The van der Waals surface area contributed by atoms with E-state index in [2.05, 4.69) is 20.9 Å². The molecule has 0 spiro atoms. The van der Waals surface area contributed by atoms with Crippen LogP contribution in [0.25, 0.3) is 11.0 Å². The van der Waals surface area contributed by atoms with Crippen LogP contribution in [0.5, 0.6) is 0 Å². The van der Waals surface area contributed by atoms with E-state index >= 15 is 0 Å². The standard InChI is InChI=1S/C10H9BrN2O/c1-6(14)7-3-4-9-8(5-7)12-10(11)13(9)2/h3-5H,1-2H3. The third-order valence-electron chi connectivity index (χ3n) is 2.23. The smallest absolute Gasteiger partial charge is 0.177 e. The van der Waals surface area contributed by atoms with Crippen LogP contribution in [-0.4, -0.2) is 15.3 Å². The van der Waals surface area contributed by atoms with Crippen LogP contribution >= 0.6 is 15.9 Å². The molecule has 0 bridgehead atoms. The predicted octanol–water partition coefficient (Wildman–Crippen LogP) is 2.54. The first-order chi connectivity index (χ1) is 6.59. The van der Waals surface area contributed by atoms with Crippen molar-refractivity contribution in [3.05, 3.63) is 28.5 Å². The van der Waals surface area contributed by atoms with Gasteiger partial charge in [0.25, 0.3) is 0 Å². The van der Waals surface area contributed by atoms with Crippen molar-refractivity contribution < 1.29 is 4.79 Å². The number of hydrogen-bond acceptors (Lipinski definition) is 2. The lowest BCUT2D eigenvalue weighted by Gasteiger charge is -1.96. The number of benzene rings is 1. The lowest BCUT2D eigenvalue weighted by molar-refractivity contribution is 0.101. The minimum absolute atomic E-state index is 0.0636. The maximum absolute atomic E-state index is 11.1. The molecule has 1 heterocycles. The van der Waals surface area contributed by atoms with Crippen molar-refractivity contribution >= 4 is 32.7 Å². The summed E-state index contributed by atoms with van der Waals surface area (Å²) in [6.45, 7) is 1.55. The maximum Gasteiger partial charge on any atom is 0.177 e.